The van der Waals surface area contributed by atoms with Crippen LogP contribution in [-0.2, 0) is 4.79 Å². The number of aromatic nitrogens is 2. The quantitative estimate of drug-likeness (QED) is 0.924. The van der Waals surface area contributed by atoms with Crippen LogP contribution in [-0.4, -0.2) is 28.2 Å². The van der Waals surface area contributed by atoms with Crippen LogP contribution in [0.5, 0.6) is 0 Å². The van der Waals surface area contributed by atoms with Crippen LogP contribution in [0.15, 0.2) is 24.5 Å². The topological polar surface area (TPSA) is 72.0 Å². The van der Waals surface area contributed by atoms with E-state index in [1.807, 2.05) is 12.1 Å². The third-order valence-electron chi connectivity index (χ3n) is 2.41. The molecule has 0 aliphatic carbocycles. The van der Waals surface area contributed by atoms with Crippen molar-refractivity contribution in [1.82, 2.24) is 15.3 Å². The van der Waals surface area contributed by atoms with Gasteiger partial charge in [-0.25, -0.2) is 4.98 Å². The molecule has 2 heterocycles. The van der Waals surface area contributed by atoms with Gasteiger partial charge in [-0.3, -0.25) is 14.6 Å². The molecule has 0 saturated carbocycles. The number of carbonyl (C=O) groups excluding carboxylic acids is 2. The van der Waals surface area contributed by atoms with Crippen LogP contribution in [0.1, 0.15) is 22.3 Å². The minimum absolute atomic E-state index is 0.0401. The highest BCUT2D eigenvalue weighted by molar-refractivity contribution is 7.17. The van der Waals surface area contributed by atoms with E-state index < -0.39 is 0 Å². The molecule has 0 unspecified atom stereocenters. The first kappa shape index (κ1) is 13.4. The minimum atomic E-state index is -0.264. The molecule has 0 spiro atoms. The van der Waals surface area contributed by atoms with E-state index in [2.05, 4.69) is 15.3 Å². The highest BCUT2D eigenvalue weighted by Crippen LogP contribution is 2.27. The van der Waals surface area contributed by atoms with Crippen molar-refractivity contribution >= 4 is 23.0 Å². The summed E-state index contributed by atoms with van der Waals surface area (Å²) >= 11 is 1.30. The Morgan fingerprint density at radius 1 is 1.42 bits per heavy atom. The maximum Gasteiger partial charge on any atom is 0.263 e. The van der Waals surface area contributed by atoms with Crippen LogP contribution in [0.4, 0.5) is 0 Å². The fraction of sp³-hybridized carbons (Fsp3) is 0.231. The molecule has 0 aliphatic rings. The molecule has 0 aromatic carbocycles. The Morgan fingerprint density at radius 2 is 2.21 bits per heavy atom. The van der Waals surface area contributed by atoms with Crippen molar-refractivity contribution < 1.29 is 9.59 Å². The van der Waals surface area contributed by atoms with Gasteiger partial charge in [-0.15, -0.1) is 11.3 Å². The zero-order valence-electron chi connectivity index (χ0n) is 10.6. The number of thiazole rings is 1. The van der Waals surface area contributed by atoms with Crippen molar-refractivity contribution in [3.8, 4) is 10.6 Å². The molecule has 19 heavy (non-hydrogen) atoms. The van der Waals surface area contributed by atoms with E-state index in [1.165, 1.54) is 18.3 Å². The molecule has 0 aliphatic heterocycles. The van der Waals surface area contributed by atoms with Crippen LogP contribution in [0, 0.1) is 6.92 Å². The fourth-order valence-corrected chi connectivity index (χ4v) is 2.48. The number of rotatable bonds is 4. The first-order chi connectivity index (χ1) is 9.08. The number of nitrogens with zero attached hydrogens (tertiary/aromatic N) is 2. The molecule has 0 atom stereocenters. The molecule has 0 saturated heterocycles. The van der Waals surface area contributed by atoms with Crippen LogP contribution >= 0.6 is 11.3 Å². The highest BCUT2D eigenvalue weighted by Gasteiger charge is 2.16. The summed E-state index contributed by atoms with van der Waals surface area (Å²) in [6.45, 7) is 3.25. The molecule has 0 radical (unpaired) electrons. The molecule has 1 N–H and O–H groups in total. The number of Topliss-reactive ketones (excluding diaryl/α,β-unsaturated/α-hetero) is 1. The lowest BCUT2D eigenvalue weighted by atomic mass is 10.3. The SMILES string of the molecule is CC(=O)CNC(=O)c1sc(-c2cccnc2)nc1C. The van der Waals surface area contributed by atoms with E-state index >= 15 is 0 Å². The van der Waals surface area contributed by atoms with Gasteiger partial charge in [-0.1, -0.05) is 0 Å². The number of carbonyl (C=O) groups is 2. The van der Waals surface area contributed by atoms with Crippen molar-refractivity contribution in [2.75, 3.05) is 6.54 Å². The Bertz CT molecular complexity index is 608. The Balaban J connectivity index is 2.22. The molecular formula is C13H13N3O2S. The van der Waals surface area contributed by atoms with Gasteiger partial charge in [-0.2, -0.15) is 0 Å². The van der Waals surface area contributed by atoms with Crippen molar-refractivity contribution in [3.63, 3.8) is 0 Å². The van der Waals surface area contributed by atoms with Crippen molar-refractivity contribution in [2.24, 2.45) is 0 Å². The zero-order chi connectivity index (χ0) is 13.8. The molecule has 1 amide bonds. The molecule has 5 nitrogen and oxygen atoms in total. The first-order valence-electron chi connectivity index (χ1n) is 5.73. The average molecular weight is 275 g/mol. The van der Waals surface area contributed by atoms with E-state index in [-0.39, 0.29) is 18.2 Å². The van der Waals surface area contributed by atoms with E-state index in [0.717, 1.165) is 10.6 Å². The lowest BCUT2D eigenvalue weighted by Crippen LogP contribution is -2.28. The predicted octanol–water partition coefficient (Wildman–Crippen LogP) is 1.83. The summed E-state index contributed by atoms with van der Waals surface area (Å²) in [4.78, 5) is 31.7. The van der Waals surface area contributed by atoms with Gasteiger partial charge in [0.15, 0.2) is 0 Å². The molecular weight excluding hydrogens is 262 g/mol. The predicted molar refractivity (Wildman–Crippen MR) is 73.1 cm³/mol. The molecule has 0 fully saturated rings. The fourth-order valence-electron chi connectivity index (χ4n) is 1.50. The van der Waals surface area contributed by atoms with Gasteiger partial charge in [0.2, 0.25) is 0 Å². The average Bonchev–Trinajstić information content (AvgIpc) is 2.79. The van der Waals surface area contributed by atoms with Crippen LogP contribution in [0.2, 0.25) is 0 Å². The molecule has 2 aromatic rings. The maximum absolute atomic E-state index is 11.9. The molecule has 6 heteroatoms. The summed E-state index contributed by atoms with van der Waals surface area (Å²) in [5.41, 5.74) is 1.53. The summed E-state index contributed by atoms with van der Waals surface area (Å²) in [5, 5.41) is 3.32. The number of amides is 1. The van der Waals surface area contributed by atoms with Gasteiger partial charge in [-0.05, 0) is 26.0 Å². The summed E-state index contributed by atoms with van der Waals surface area (Å²) in [7, 11) is 0. The second kappa shape index (κ2) is 5.71. The summed E-state index contributed by atoms with van der Waals surface area (Å²) in [6.07, 6.45) is 3.39. The van der Waals surface area contributed by atoms with Gasteiger partial charge in [0.1, 0.15) is 15.7 Å². The lowest BCUT2D eigenvalue weighted by molar-refractivity contribution is -0.116. The van der Waals surface area contributed by atoms with Gasteiger partial charge < -0.3 is 5.32 Å². The summed E-state index contributed by atoms with van der Waals surface area (Å²) in [5.74, 6) is -0.344. The van der Waals surface area contributed by atoms with E-state index in [4.69, 9.17) is 0 Å². The molecule has 98 valence electrons. The third kappa shape index (κ3) is 3.23. The number of ketones is 1. The van der Waals surface area contributed by atoms with E-state index in [1.54, 1.807) is 19.3 Å². The van der Waals surface area contributed by atoms with Crippen molar-refractivity contribution in [2.45, 2.75) is 13.8 Å². The van der Waals surface area contributed by atoms with Crippen LogP contribution < -0.4 is 5.32 Å². The van der Waals surface area contributed by atoms with Crippen molar-refractivity contribution in [1.29, 1.82) is 0 Å². The van der Waals surface area contributed by atoms with E-state index in [9.17, 15) is 9.59 Å². The normalized spacial score (nSPS) is 10.2. The second-order valence-corrected chi connectivity index (χ2v) is 5.06. The number of aryl methyl sites for hydroxylation is 1. The lowest BCUT2D eigenvalue weighted by Gasteiger charge is -1.99. The zero-order valence-corrected chi connectivity index (χ0v) is 11.5. The minimum Gasteiger partial charge on any atom is -0.344 e. The van der Waals surface area contributed by atoms with Gasteiger partial charge in [0.05, 0.1) is 12.2 Å². The standard InChI is InChI=1S/C13H13N3O2S/c1-8(17)6-15-12(18)11-9(2)16-13(19-11)10-4-3-5-14-7-10/h3-5,7H,6H2,1-2H3,(H,15,18). The monoisotopic (exact) mass is 275 g/mol. The summed E-state index contributed by atoms with van der Waals surface area (Å²) < 4.78 is 0. The van der Waals surface area contributed by atoms with Gasteiger partial charge >= 0.3 is 0 Å². The Morgan fingerprint density at radius 3 is 2.84 bits per heavy atom. The maximum atomic E-state index is 11.9. The number of hydrogen-bond donors (Lipinski definition) is 1. The second-order valence-electron chi connectivity index (χ2n) is 4.06. The summed E-state index contributed by atoms with van der Waals surface area (Å²) in [6, 6.07) is 3.71. The largest absolute Gasteiger partial charge is 0.344 e. The Kier molecular flexibility index (Phi) is 4.01. The Hall–Kier alpha value is -2.08. The molecule has 0 bridgehead atoms. The van der Waals surface area contributed by atoms with Crippen molar-refractivity contribution in [3.05, 3.63) is 35.1 Å². The highest BCUT2D eigenvalue weighted by atomic mass is 32.1. The van der Waals surface area contributed by atoms with Crippen LogP contribution in [0.3, 0.4) is 0 Å². The van der Waals surface area contributed by atoms with E-state index in [0.29, 0.717) is 10.6 Å². The van der Waals surface area contributed by atoms with Gasteiger partial charge in [0, 0.05) is 18.0 Å². The third-order valence-corrected chi connectivity index (χ3v) is 3.61. The van der Waals surface area contributed by atoms with Gasteiger partial charge in [0.25, 0.3) is 5.91 Å². The number of hydrogen-bond acceptors (Lipinski definition) is 5. The smallest absolute Gasteiger partial charge is 0.263 e. The number of pyridine rings is 1. The Labute approximate surface area is 114 Å². The molecule has 2 rings (SSSR count). The molecule has 2 aromatic heterocycles. The first-order valence-corrected chi connectivity index (χ1v) is 6.55. The number of nitrogens with one attached hydrogen (secondary N) is 1. The van der Waals surface area contributed by atoms with Crippen LogP contribution in [0.25, 0.3) is 10.6 Å².